The van der Waals surface area contributed by atoms with Crippen LogP contribution in [0.1, 0.15) is 13.8 Å². The van der Waals surface area contributed by atoms with E-state index >= 15 is 0 Å². The Hall–Kier alpha value is -1.38. The van der Waals surface area contributed by atoms with Crippen LogP contribution in [0.2, 0.25) is 0 Å². The number of aldehydes is 1. The van der Waals surface area contributed by atoms with E-state index in [1.54, 1.807) is 0 Å². The molecule has 10 N–H and O–H groups in total. The van der Waals surface area contributed by atoms with E-state index in [1.807, 2.05) is 0 Å². The first-order chi connectivity index (χ1) is 16.9. The minimum absolute atomic E-state index is 0.184. The number of hydrogen-bond acceptors (Lipinski definition) is 15. The second kappa shape index (κ2) is 13.4. The van der Waals surface area contributed by atoms with Crippen LogP contribution in [0, 0.1) is 0 Å². The Morgan fingerprint density at radius 2 is 1.42 bits per heavy atom. The van der Waals surface area contributed by atoms with Crippen molar-refractivity contribution in [3.63, 3.8) is 0 Å². The van der Waals surface area contributed by atoms with Crippen molar-refractivity contribution in [1.82, 2.24) is 5.32 Å². The Bertz CT molecular complexity index is 713. The smallest absolute Gasteiger partial charge is 0.217 e. The Morgan fingerprint density at radius 3 is 1.92 bits per heavy atom. The predicted octanol–water partition coefficient (Wildman–Crippen LogP) is -6.56. The van der Waals surface area contributed by atoms with E-state index in [9.17, 15) is 55.5 Å². The van der Waals surface area contributed by atoms with Crippen LogP contribution in [0.15, 0.2) is 0 Å². The molecule has 0 spiro atoms. The number of nitrogens with one attached hydrogen (secondary N) is 1. The van der Waals surface area contributed by atoms with E-state index in [0.29, 0.717) is 0 Å². The molecule has 2 aliphatic rings. The molecule has 2 fully saturated rings. The maximum Gasteiger partial charge on any atom is 0.217 e. The quantitative estimate of drug-likeness (QED) is 0.111. The van der Waals surface area contributed by atoms with Gasteiger partial charge < -0.3 is 75.0 Å². The highest BCUT2D eigenvalue weighted by molar-refractivity contribution is 5.77. The lowest BCUT2D eigenvalue weighted by atomic mass is 9.97. The topological polar surface area (TPSA) is 265 Å². The van der Waals surface area contributed by atoms with E-state index in [1.165, 1.54) is 6.92 Å². The summed E-state index contributed by atoms with van der Waals surface area (Å²) in [6.07, 6.45) is -22.1. The molecule has 36 heavy (non-hydrogen) atoms. The van der Waals surface area contributed by atoms with Crippen molar-refractivity contribution in [1.29, 1.82) is 0 Å². The molecule has 2 saturated heterocycles. The second-order valence-corrected chi connectivity index (χ2v) is 8.69. The maximum atomic E-state index is 11.9. The van der Waals surface area contributed by atoms with Gasteiger partial charge in [-0.05, 0) is 6.92 Å². The number of hydrogen-bond donors (Lipinski definition) is 10. The van der Waals surface area contributed by atoms with Crippen LogP contribution in [-0.2, 0) is 28.5 Å². The number of ether oxygens (including phenoxy) is 4. The lowest BCUT2D eigenvalue weighted by Crippen LogP contribution is -2.64. The molecule has 0 aliphatic carbocycles. The van der Waals surface area contributed by atoms with Crippen LogP contribution in [-0.4, -0.2) is 157 Å². The van der Waals surface area contributed by atoms with Gasteiger partial charge in [0.2, 0.25) is 5.91 Å². The minimum Gasteiger partial charge on any atom is -0.394 e. The SMILES string of the molecule is CC(=O)N[C@H](C=O)[C@H](O[C@@H]1O[C@H](C)[C@@H](O)[C@@H](O)[C@@H]1O)[C@@H](O[C@H]1O[C@@H](CO)[C@H](O)[C@@H](O)[C@@H]1O)[C@H](O)CO. The fraction of sp³-hybridized carbons (Fsp3) is 0.900. The highest BCUT2D eigenvalue weighted by Crippen LogP contribution is 2.28. The summed E-state index contributed by atoms with van der Waals surface area (Å²) < 4.78 is 21.8. The van der Waals surface area contributed by atoms with Crippen LogP contribution in [0.3, 0.4) is 0 Å². The van der Waals surface area contributed by atoms with Gasteiger partial charge in [-0.15, -0.1) is 0 Å². The van der Waals surface area contributed by atoms with E-state index < -0.39 is 105 Å². The Balaban J connectivity index is 2.42. The third-order valence-electron chi connectivity index (χ3n) is 6.00. The van der Waals surface area contributed by atoms with Gasteiger partial charge in [-0.1, -0.05) is 0 Å². The van der Waals surface area contributed by atoms with Gasteiger partial charge in [-0.2, -0.15) is 0 Å². The molecule has 2 rings (SSSR count). The monoisotopic (exact) mass is 529 g/mol. The number of amides is 1. The lowest BCUT2D eigenvalue weighted by Gasteiger charge is -2.45. The van der Waals surface area contributed by atoms with Crippen molar-refractivity contribution in [3.8, 4) is 0 Å². The first kappa shape index (κ1) is 30.8. The number of carbonyl (C=O) groups excluding carboxylic acids is 2. The highest BCUT2D eigenvalue weighted by atomic mass is 16.7. The summed E-state index contributed by atoms with van der Waals surface area (Å²) in [6, 6.07) is -1.63. The molecule has 0 saturated carbocycles. The summed E-state index contributed by atoms with van der Waals surface area (Å²) in [6.45, 7) is 0.582. The summed E-state index contributed by atoms with van der Waals surface area (Å²) in [4.78, 5) is 23.6. The van der Waals surface area contributed by atoms with Crippen molar-refractivity contribution in [3.05, 3.63) is 0 Å². The van der Waals surface area contributed by atoms with Gasteiger partial charge in [0, 0.05) is 6.92 Å². The molecule has 0 radical (unpaired) electrons. The molecule has 0 unspecified atom stereocenters. The van der Waals surface area contributed by atoms with E-state index in [2.05, 4.69) is 5.32 Å². The van der Waals surface area contributed by atoms with Crippen molar-refractivity contribution in [2.75, 3.05) is 13.2 Å². The van der Waals surface area contributed by atoms with Gasteiger partial charge in [0.05, 0.1) is 19.3 Å². The van der Waals surface area contributed by atoms with Crippen molar-refractivity contribution in [2.24, 2.45) is 0 Å². The molecule has 14 atom stereocenters. The van der Waals surface area contributed by atoms with E-state index in [4.69, 9.17) is 18.9 Å². The first-order valence-corrected chi connectivity index (χ1v) is 11.2. The van der Waals surface area contributed by atoms with Crippen molar-refractivity contribution >= 4 is 12.2 Å². The van der Waals surface area contributed by atoms with Crippen molar-refractivity contribution < 1.29 is 74.5 Å². The number of aliphatic hydroxyl groups excluding tert-OH is 9. The van der Waals surface area contributed by atoms with Crippen molar-refractivity contribution in [2.45, 2.75) is 99.6 Å². The molecule has 0 bridgehead atoms. The third-order valence-corrected chi connectivity index (χ3v) is 6.00. The number of aliphatic hydroxyl groups is 9. The number of rotatable bonds is 11. The second-order valence-electron chi connectivity index (χ2n) is 8.69. The largest absolute Gasteiger partial charge is 0.394 e. The van der Waals surface area contributed by atoms with Crippen LogP contribution < -0.4 is 5.32 Å². The predicted molar refractivity (Wildman–Crippen MR) is 113 cm³/mol. The maximum absolute atomic E-state index is 11.9. The Kier molecular flexibility index (Phi) is 11.5. The summed E-state index contributed by atoms with van der Waals surface area (Å²) >= 11 is 0. The van der Waals surface area contributed by atoms with Crippen LogP contribution >= 0.6 is 0 Å². The van der Waals surface area contributed by atoms with Gasteiger partial charge in [0.1, 0.15) is 73.4 Å². The highest BCUT2D eigenvalue weighted by Gasteiger charge is 2.50. The zero-order chi connectivity index (χ0) is 27.3. The standard InChI is InChI=1S/C20H35NO15/c1-6-11(27)13(29)15(31)19(33-6)35-17(8(3-22)21-7(2)25)18(9(26)4-23)36-20-16(32)14(30)12(28)10(5-24)34-20/h3,6,8-20,23-24,26-32H,4-5H2,1-2H3,(H,21,25)/t6-,8-,9-,10+,11-,12+,13-,14-,15+,16+,17+,18+,19+,20-/m1/s1. The van der Waals surface area contributed by atoms with Crippen LogP contribution in [0.25, 0.3) is 0 Å². The molecular weight excluding hydrogens is 494 g/mol. The molecule has 16 heteroatoms. The van der Waals surface area contributed by atoms with Crippen LogP contribution in [0.4, 0.5) is 0 Å². The van der Waals surface area contributed by atoms with E-state index in [-0.39, 0.29) is 6.29 Å². The average molecular weight is 529 g/mol. The molecule has 0 aromatic carbocycles. The summed E-state index contributed by atoms with van der Waals surface area (Å²) in [5.74, 6) is -0.736. The lowest BCUT2D eigenvalue weighted by molar-refractivity contribution is -0.346. The zero-order valence-corrected chi connectivity index (χ0v) is 19.5. The molecule has 0 aromatic rings. The van der Waals surface area contributed by atoms with Crippen LogP contribution in [0.5, 0.6) is 0 Å². The molecule has 1 amide bonds. The fourth-order valence-corrected chi connectivity index (χ4v) is 3.90. The molecular formula is C20H35NO15. The van der Waals surface area contributed by atoms with Gasteiger partial charge in [0.25, 0.3) is 0 Å². The molecule has 0 aromatic heterocycles. The minimum atomic E-state index is -1.94. The molecule has 16 nitrogen and oxygen atoms in total. The molecule has 2 heterocycles. The third kappa shape index (κ3) is 6.93. The van der Waals surface area contributed by atoms with Gasteiger partial charge in [-0.25, -0.2) is 0 Å². The zero-order valence-electron chi connectivity index (χ0n) is 19.5. The molecule has 2 aliphatic heterocycles. The molecule has 210 valence electrons. The Morgan fingerprint density at radius 1 is 0.889 bits per heavy atom. The van der Waals surface area contributed by atoms with E-state index in [0.717, 1.165) is 6.92 Å². The normalized spacial score (nSPS) is 40.6. The average Bonchev–Trinajstić information content (AvgIpc) is 2.85. The van der Waals surface area contributed by atoms with Gasteiger partial charge in [0.15, 0.2) is 12.6 Å². The van der Waals surface area contributed by atoms with Gasteiger partial charge >= 0.3 is 0 Å². The number of carbonyl (C=O) groups is 2. The first-order valence-electron chi connectivity index (χ1n) is 11.2. The summed E-state index contributed by atoms with van der Waals surface area (Å²) in [5, 5.41) is 92.4. The fourth-order valence-electron chi connectivity index (χ4n) is 3.90. The Labute approximate surface area is 205 Å². The summed E-state index contributed by atoms with van der Waals surface area (Å²) in [7, 11) is 0. The summed E-state index contributed by atoms with van der Waals surface area (Å²) in [5.41, 5.74) is 0. The van der Waals surface area contributed by atoms with Gasteiger partial charge in [-0.3, -0.25) is 4.79 Å².